The number of benzene rings is 2. The average Bonchev–Trinajstić information content (AvgIpc) is 2.47. The molecule has 0 aliphatic carbocycles. The van der Waals surface area contributed by atoms with Gasteiger partial charge in [-0.15, -0.1) is 0 Å². The lowest BCUT2D eigenvalue weighted by Gasteiger charge is -2.18. The van der Waals surface area contributed by atoms with Crippen LogP contribution in [0.15, 0.2) is 42.5 Å². The molecule has 0 heterocycles. The summed E-state index contributed by atoms with van der Waals surface area (Å²) in [6.07, 6.45) is 6.21. The van der Waals surface area contributed by atoms with Crippen LogP contribution in [0.25, 0.3) is 10.8 Å². The van der Waals surface area contributed by atoms with Gasteiger partial charge in [0.1, 0.15) is 0 Å². The van der Waals surface area contributed by atoms with Gasteiger partial charge in [0.25, 0.3) is 0 Å². The van der Waals surface area contributed by atoms with Crippen LogP contribution in [0.3, 0.4) is 0 Å². The van der Waals surface area contributed by atoms with Crippen molar-refractivity contribution in [3.63, 3.8) is 0 Å². The highest BCUT2D eigenvalue weighted by Crippen LogP contribution is 2.27. The van der Waals surface area contributed by atoms with E-state index in [2.05, 4.69) is 54.8 Å². The molecule has 19 heavy (non-hydrogen) atoms. The van der Waals surface area contributed by atoms with E-state index in [0.29, 0.717) is 0 Å². The number of hydrazine groups is 1. The molecule has 0 spiro atoms. The third kappa shape index (κ3) is 3.55. The average molecular weight is 256 g/mol. The van der Waals surface area contributed by atoms with Gasteiger partial charge in [-0.1, -0.05) is 75.1 Å². The van der Waals surface area contributed by atoms with Gasteiger partial charge in [0.2, 0.25) is 0 Å². The quantitative estimate of drug-likeness (QED) is 0.440. The largest absolute Gasteiger partial charge is 0.271 e. The Kier molecular flexibility index (Phi) is 5.37. The van der Waals surface area contributed by atoms with E-state index in [1.807, 2.05) is 0 Å². The second-order valence-corrected chi connectivity index (χ2v) is 5.14. The van der Waals surface area contributed by atoms with Crippen molar-refractivity contribution in [1.29, 1.82) is 0 Å². The third-order valence-corrected chi connectivity index (χ3v) is 3.75. The van der Waals surface area contributed by atoms with Crippen LogP contribution in [0.5, 0.6) is 0 Å². The normalized spacial score (nSPS) is 12.7. The lowest BCUT2D eigenvalue weighted by Crippen LogP contribution is -2.28. The monoisotopic (exact) mass is 256 g/mol. The molecule has 0 fully saturated rings. The Labute approximate surface area is 116 Å². The van der Waals surface area contributed by atoms with Gasteiger partial charge in [0, 0.05) is 6.04 Å². The molecule has 0 saturated heterocycles. The molecule has 0 bridgehead atoms. The molecule has 0 amide bonds. The molecule has 2 heteroatoms. The number of nitrogens with one attached hydrogen (secondary N) is 1. The molecule has 2 nitrogen and oxygen atoms in total. The predicted octanol–water partition coefficient (Wildman–Crippen LogP) is 4.31. The molecule has 2 aromatic carbocycles. The van der Waals surface area contributed by atoms with Gasteiger partial charge in [0.15, 0.2) is 0 Å². The first kappa shape index (κ1) is 14.0. The van der Waals surface area contributed by atoms with E-state index < -0.39 is 0 Å². The van der Waals surface area contributed by atoms with E-state index in [0.717, 1.165) is 6.42 Å². The summed E-state index contributed by atoms with van der Waals surface area (Å²) in [5.41, 5.74) is 4.30. The Bertz CT molecular complexity index is 502. The van der Waals surface area contributed by atoms with E-state index in [1.54, 1.807) is 0 Å². The zero-order valence-electron chi connectivity index (χ0n) is 11.7. The fraction of sp³-hybridized carbons (Fsp3) is 0.412. The Balaban J connectivity index is 2.16. The fourth-order valence-electron chi connectivity index (χ4n) is 2.66. The summed E-state index contributed by atoms with van der Waals surface area (Å²) < 4.78 is 0. The highest BCUT2D eigenvalue weighted by Gasteiger charge is 2.11. The Hall–Kier alpha value is -1.38. The maximum absolute atomic E-state index is 5.76. The number of unbranched alkanes of at least 4 members (excludes halogenated alkanes) is 3. The minimum absolute atomic E-state index is 0.253. The number of fused-ring (bicyclic) bond motifs is 1. The van der Waals surface area contributed by atoms with Crippen molar-refractivity contribution in [2.45, 2.75) is 45.1 Å². The number of nitrogens with two attached hydrogens (primary N) is 1. The van der Waals surface area contributed by atoms with E-state index in [4.69, 9.17) is 5.84 Å². The molecule has 2 aromatic rings. The molecular formula is C17H24N2. The van der Waals surface area contributed by atoms with Crippen LogP contribution in [0, 0.1) is 0 Å². The van der Waals surface area contributed by atoms with E-state index in [9.17, 15) is 0 Å². The van der Waals surface area contributed by atoms with Crippen molar-refractivity contribution < 1.29 is 0 Å². The summed E-state index contributed by atoms with van der Waals surface area (Å²) in [5.74, 6) is 5.76. The number of hydrogen-bond donors (Lipinski definition) is 2. The molecule has 0 saturated carbocycles. The zero-order chi connectivity index (χ0) is 13.5. The topological polar surface area (TPSA) is 38.0 Å². The van der Waals surface area contributed by atoms with Crippen LogP contribution >= 0.6 is 0 Å². The number of rotatable bonds is 7. The SMILES string of the molecule is CCCCCCC(NN)c1cccc2ccccc12. The lowest BCUT2D eigenvalue weighted by molar-refractivity contribution is 0.484. The molecule has 1 unspecified atom stereocenters. The van der Waals surface area contributed by atoms with Crippen LogP contribution in [0.4, 0.5) is 0 Å². The van der Waals surface area contributed by atoms with Crippen LogP contribution in [0.2, 0.25) is 0 Å². The van der Waals surface area contributed by atoms with Gasteiger partial charge in [-0.05, 0) is 22.8 Å². The van der Waals surface area contributed by atoms with Gasteiger partial charge in [-0.3, -0.25) is 11.3 Å². The van der Waals surface area contributed by atoms with E-state index in [1.165, 1.54) is 42.0 Å². The van der Waals surface area contributed by atoms with Crippen LogP contribution < -0.4 is 11.3 Å². The zero-order valence-corrected chi connectivity index (χ0v) is 11.7. The van der Waals surface area contributed by atoms with Crippen molar-refractivity contribution >= 4 is 10.8 Å². The van der Waals surface area contributed by atoms with Crippen molar-refractivity contribution in [3.05, 3.63) is 48.0 Å². The first-order chi connectivity index (χ1) is 9.36. The molecule has 0 radical (unpaired) electrons. The fourth-order valence-corrected chi connectivity index (χ4v) is 2.66. The summed E-state index contributed by atoms with van der Waals surface area (Å²) in [6.45, 7) is 2.24. The number of hydrogen-bond acceptors (Lipinski definition) is 2. The van der Waals surface area contributed by atoms with Crippen LogP contribution in [-0.2, 0) is 0 Å². The highest BCUT2D eigenvalue weighted by molar-refractivity contribution is 5.86. The summed E-state index contributed by atoms with van der Waals surface area (Å²) in [5, 5.41) is 2.59. The van der Waals surface area contributed by atoms with Gasteiger partial charge in [-0.2, -0.15) is 0 Å². The molecule has 0 aromatic heterocycles. The van der Waals surface area contributed by atoms with Gasteiger partial charge < -0.3 is 0 Å². The van der Waals surface area contributed by atoms with Crippen LogP contribution in [-0.4, -0.2) is 0 Å². The Morgan fingerprint density at radius 2 is 1.79 bits per heavy atom. The standard InChI is InChI=1S/C17H24N2/c1-2-3-4-5-13-17(19-18)16-12-8-10-14-9-6-7-11-15(14)16/h6-12,17,19H,2-5,13,18H2,1H3. The summed E-state index contributed by atoms with van der Waals surface area (Å²) in [6, 6.07) is 15.2. The minimum atomic E-state index is 0.253. The Morgan fingerprint density at radius 1 is 1.00 bits per heavy atom. The molecule has 102 valence electrons. The van der Waals surface area contributed by atoms with Crippen LogP contribution in [0.1, 0.15) is 50.6 Å². The maximum Gasteiger partial charge on any atom is 0.0466 e. The van der Waals surface area contributed by atoms with E-state index in [-0.39, 0.29) is 6.04 Å². The molecule has 0 aliphatic heterocycles. The molecular weight excluding hydrogens is 232 g/mol. The second-order valence-electron chi connectivity index (χ2n) is 5.14. The summed E-state index contributed by atoms with van der Waals surface area (Å²) in [7, 11) is 0. The summed E-state index contributed by atoms with van der Waals surface area (Å²) in [4.78, 5) is 0. The Morgan fingerprint density at radius 3 is 2.58 bits per heavy atom. The molecule has 2 rings (SSSR count). The second kappa shape index (κ2) is 7.27. The first-order valence-electron chi connectivity index (χ1n) is 7.30. The maximum atomic E-state index is 5.76. The van der Waals surface area contributed by atoms with Crippen molar-refractivity contribution in [1.82, 2.24) is 5.43 Å². The molecule has 0 aliphatic rings. The third-order valence-electron chi connectivity index (χ3n) is 3.75. The van der Waals surface area contributed by atoms with Gasteiger partial charge in [0.05, 0.1) is 0 Å². The smallest absolute Gasteiger partial charge is 0.0466 e. The van der Waals surface area contributed by atoms with Crippen molar-refractivity contribution in [2.24, 2.45) is 5.84 Å². The summed E-state index contributed by atoms with van der Waals surface area (Å²) >= 11 is 0. The molecule has 1 atom stereocenters. The lowest BCUT2D eigenvalue weighted by atomic mass is 9.95. The minimum Gasteiger partial charge on any atom is -0.271 e. The van der Waals surface area contributed by atoms with Gasteiger partial charge in [-0.25, -0.2) is 0 Å². The predicted molar refractivity (Wildman–Crippen MR) is 82.8 cm³/mol. The molecule has 3 N–H and O–H groups in total. The highest BCUT2D eigenvalue weighted by atomic mass is 15.2. The van der Waals surface area contributed by atoms with Crippen molar-refractivity contribution in [2.75, 3.05) is 0 Å². The van der Waals surface area contributed by atoms with Gasteiger partial charge >= 0.3 is 0 Å². The first-order valence-corrected chi connectivity index (χ1v) is 7.30. The van der Waals surface area contributed by atoms with E-state index >= 15 is 0 Å². The van der Waals surface area contributed by atoms with Crippen molar-refractivity contribution in [3.8, 4) is 0 Å².